The number of halogens is 2. The number of benzene rings is 3. The summed E-state index contributed by atoms with van der Waals surface area (Å²) in [6.07, 6.45) is 0.578. The first-order valence-electron chi connectivity index (χ1n) is 13.4. The molecule has 2 fully saturated rings. The molecule has 0 radical (unpaired) electrons. The van der Waals surface area contributed by atoms with Gasteiger partial charge in [-0.25, -0.2) is 13.8 Å². The molecule has 1 saturated carbocycles. The number of pyridine rings is 1. The van der Waals surface area contributed by atoms with Crippen LogP contribution in [0.4, 0.5) is 14.5 Å². The van der Waals surface area contributed by atoms with Crippen molar-refractivity contribution >= 4 is 28.4 Å². The monoisotopic (exact) mass is 568 g/mol. The van der Waals surface area contributed by atoms with Crippen LogP contribution in [0.2, 0.25) is 0 Å². The average Bonchev–Trinajstić information content (AvgIpc) is 3.77. The summed E-state index contributed by atoms with van der Waals surface area (Å²) in [5.41, 5.74) is 5.25. The molecule has 10 heteroatoms. The van der Waals surface area contributed by atoms with E-state index in [9.17, 15) is 14.0 Å². The molecular weight excluding hydrogens is 542 g/mol. The van der Waals surface area contributed by atoms with E-state index in [0.717, 1.165) is 24.5 Å². The lowest BCUT2D eigenvalue weighted by atomic mass is 9.99. The van der Waals surface area contributed by atoms with Crippen molar-refractivity contribution in [1.82, 2.24) is 10.3 Å². The molecule has 0 spiro atoms. The molecule has 212 valence electrons. The Balaban J connectivity index is 1.36. The number of para-hydroxylation sites is 1. The highest BCUT2D eigenvalue weighted by Gasteiger charge is 2.55. The van der Waals surface area contributed by atoms with Crippen molar-refractivity contribution in [3.05, 3.63) is 78.0 Å². The molecule has 8 nitrogen and oxygen atoms in total. The number of nitrogens with one attached hydrogen (secondary N) is 2. The molecular formula is C32H26F2N4O4. The van der Waals surface area contributed by atoms with Crippen LogP contribution in [-0.4, -0.2) is 37.0 Å². The van der Waals surface area contributed by atoms with Gasteiger partial charge in [-0.3, -0.25) is 9.59 Å². The van der Waals surface area contributed by atoms with Crippen LogP contribution >= 0.6 is 0 Å². The van der Waals surface area contributed by atoms with Gasteiger partial charge in [0.2, 0.25) is 11.8 Å². The Morgan fingerprint density at radius 2 is 1.86 bits per heavy atom. The lowest BCUT2D eigenvalue weighted by molar-refractivity contribution is -0.132. The highest BCUT2D eigenvalue weighted by molar-refractivity contribution is 6.13. The minimum Gasteiger partial charge on any atom is -0.496 e. The lowest BCUT2D eigenvalue weighted by Crippen LogP contribution is -2.40. The summed E-state index contributed by atoms with van der Waals surface area (Å²) in [6.45, 7) is 1.69. The number of primary amides is 1. The van der Waals surface area contributed by atoms with Gasteiger partial charge in [0.25, 0.3) is 0 Å². The van der Waals surface area contributed by atoms with Gasteiger partial charge in [-0.15, -0.1) is 0 Å². The van der Waals surface area contributed by atoms with Gasteiger partial charge in [0.15, 0.2) is 11.6 Å². The van der Waals surface area contributed by atoms with Crippen molar-refractivity contribution in [1.29, 1.82) is 0 Å². The van der Waals surface area contributed by atoms with Gasteiger partial charge in [0.1, 0.15) is 28.4 Å². The van der Waals surface area contributed by atoms with Crippen molar-refractivity contribution < 1.29 is 27.8 Å². The Kier molecular flexibility index (Phi) is 6.96. The Labute approximate surface area is 240 Å². The molecule has 1 aliphatic heterocycles. The first-order valence-corrected chi connectivity index (χ1v) is 13.4. The van der Waals surface area contributed by atoms with E-state index < -0.39 is 28.9 Å². The molecule has 6 rings (SSSR count). The van der Waals surface area contributed by atoms with Crippen LogP contribution in [0, 0.1) is 34.8 Å². The van der Waals surface area contributed by atoms with E-state index in [1.165, 1.54) is 25.3 Å². The third-order valence-corrected chi connectivity index (χ3v) is 7.53. The summed E-state index contributed by atoms with van der Waals surface area (Å²) in [4.78, 5) is 29.4. The van der Waals surface area contributed by atoms with Crippen LogP contribution in [-0.2, 0) is 9.59 Å². The number of hydrogen-bond acceptors (Lipinski definition) is 6. The molecule has 0 unspecified atom stereocenters. The number of hydrogen-bond donors (Lipinski definition) is 3. The van der Waals surface area contributed by atoms with Crippen LogP contribution in [0.15, 0.2) is 60.7 Å². The van der Waals surface area contributed by atoms with Gasteiger partial charge in [-0.2, -0.15) is 0 Å². The topological polar surface area (TPSA) is 116 Å². The van der Waals surface area contributed by atoms with Crippen LogP contribution < -0.4 is 25.8 Å². The molecule has 2 heterocycles. The third kappa shape index (κ3) is 4.99. The summed E-state index contributed by atoms with van der Waals surface area (Å²) in [5, 5.41) is 6.52. The maximum atomic E-state index is 15.3. The van der Waals surface area contributed by atoms with Crippen LogP contribution in [0.25, 0.3) is 22.0 Å². The maximum Gasteiger partial charge on any atom is 0.240 e. The van der Waals surface area contributed by atoms with Crippen LogP contribution in [0.3, 0.4) is 0 Å². The van der Waals surface area contributed by atoms with E-state index in [-0.39, 0.29) is 41.3 Å². The summed E-state index contributed by atoms with van der Waals surface area (Å²) in [5.74, 6) is 3.93. The number of carbonyl (C=O) groups is 2. The molecule has 0 bridgehead atoms. The minimum atomic E-state index is -1.35. The Bertz CT molecular complexity index is 1810. The average molecular weight is 569 g/mol. The van der Waals surface area contributed by atoms with Gasteiger partial charge in [0, 0.05) is 47.7 Å². The van der Waals surface area contributed by atoms with Crippen LogP contribution in [0.1, 0.15) is 18.5 Å². The molecule has 2 aliphatic rings. The fraction of sp³-hybridized carbons (Fsp3) is 0.219. The standard InChI is InChI=1S/C32H26F2N4O4/c1-41-26-15-20(42-27-14-19(7-6-18-16-36-17-18)37-24-5-3-2-4-21(24)27)8-9-22(26)28-25(11-10-23(33)29(28)34)38-31(40)32(12-13-32)30(35)39/h2-5,8-11,14-15,18,36H,12-13,16-17H2,1H3,(H2,35,39)(H,38,40). The summed E-state index contributed by atoms with van der Waals surface area (Å²) >= 11 is 0. The molecule has 4 aromatic rings. The lowest BCUT2D eigenvalue weighted by Gasteiger charge is -2.21. The number of carbonyl (C=O) groups excluding carboxylic acids is 2. The van der Waals surface area contributed by atoms with E-state index in [4.69, 9.17) is 15.2 Å². The molecule has 4 N–H and O–H groups in total. The predicted octanol–water partition coefficient (Wildman–Crippen LogP) is 4.76. The van der Waals surface area contributed by atoms with Gasteiger partial charge in [-0.1, -0.05) is 18.1 Å². The second-order valence-corrected chi connectivity index (χ2v) is 10.3. The van der Waals surface area contributed by atoms with Gasteiger partial charge in [0.05, 0.1) is 18.3 Å². The number of methoxy groups -OCH3 is 1. The quantitative estimate of drug-likeness (QED) is 0.219. The fourth-order valence-corrected chi connectivity index (χ4v) is 4.80. The van der Waals surface area contributed by atoms with Crippen molar-refractivity contribution in [2.45, 2.75) is 12.8 Å². The Hall–Kier alpha value is -5.01. The molecule has 1 aromatic heterocycles. The third-order valence-electron chi connectivity index (χ3n) is 7.53. The summed E-state index contributed by atoms with van der Waals surface area (Å²) in [7, 11) is 1.38. The second-order valence-electron chi connectivity index (χ2n) is 10.3. The van der Waals surface area contributed by atoms with E-state index in [1.54, 1.807) is 12.1 Å². The zero-order valence-electron chi connectivity index (χ0n) is 22.6. The van der Waals surface area contributed by atoms with E-state index in [2.05, 4.69) is 27.5 Å². The Morgan fingerprint density at radius 1 is 1.07 bits per heavy atom. The van der Waals surface area contributed by atoms with E-state index in [1.807, 2.05) is 24.3 Å². The smallest absolute Gasteiger partial charge is 0.240 e. The molecule has 2 amide bonds. The van der Waals surface area contributed by atoms with Crippen molar-refractivity contribution in [2.24, 2.45) is 17.1 Å². The van der Waals surface area contributed by atoms with Gasteiger partial charge < -0.3 is 25.8 Å². The first kappa shape index (κ1) is 27.2. The molecule has 3 aromatic carbocycles. The number of aromatic nitrogens is 1. The number of anilines is 1. The minimum absolute atomic E-state index is 0.0246. The van der Waals surface area contributed by atoms with E-state index >= 15 is 4.39 Å². The van der Waals surface area contributed by atoms with E-state index in [0.29, 0.717) is 22.7 Å². The molecule has 0 atom stereocenters. The number of nitrogens with two attached hydrogens (primary N) is 1. The summed E-state index contributed by atoms with van der Waals surface area (Å²) < 4.78 is 41.5. The highest BCUT2D eigenvalue weighted by atomic mass is 19.2. The van der Waals surface area contributed by atoms with Crippen molar-refractivity contribution in [2.75, 3.05) is 25.5 Å². The predicted molar refractivity (Wildman–Crippen MR) is 153 cm³/mol. The largest absolute Gasteiger partial charge is 0.496 e. The molecule has 1 aliphatic carbocycles. The summed E-state index contributed by atoms with van der Waals surface area (Å²) in [6, 6.07) is 16.0. The fourth-order valence-electron chi connectivity index (χ4n) is 4.80. The van der Waals surface area contributed by atoms with Crippen molar-refractivity contribution in [3.63, 3.8) is 0 Å². The second kappa shape index (κ2) is 10.8. The SMILES string of the molecule is COc1cc(Oc2cc(C#CC3CNC3)nc3ccccc23)ccc1-c1c(NC(=O)C2(C(N)=O)CC2)ccc(F)c1F. The first-order chi connectivity index (χ1) is 20.3. The number of amides is 2. The molecule has 42 heavy (non-hydrogen) atoms. The number of nitrogens with zero attached hydrogens (tertiary/aromatic N) is 1. The number of fused-ring (bicyclic) bond motifs is 1. The normalized spacial score (nSPS) is 15.2. The molecule has 1 saturated heterocycles. The van der Waals surface area contributed by atoms with Crippen molar-refractivity contribution in [3.8, 4) is 40.2 Å². The number of ether oxygens (including phenoxy) is 2. The van der Waals surface area contributed by atoms with Crippen LogP contribution in [0.5, 0.6) is 17.2 Å². The highest BCUT2D eigenvalue weighted by Crippen LogP contribution is 2.47. The van der Waals surface area contributed by atoms with Gasteiger partial charge >= 0.3 is 0 Å². The Morgan fingerprint density at radius 3 is 2.55 bits per heavy atom. The zero-order chi connectivity index (χ0) is 29.4. The maximum absolute atomic E-state index is 15.3. The number of rotatable bonds is 7. The van der Waals surface area contributed by atoms with Gasteiger partial charge in [-0.05, 0) is 55.2 Å². The zero-order valence-corrected chi connectivity index (χ0v) is 22.6.